The van der Waals surface area contributed by atoms with Crippen LogP contribution in [0.25, 0.3) is 0 Å². The maximum absolute atomic E-state index is 10.7. The lowest BCUT2D eigenvalue weighted by molar-refractivity contribution is -0.0185. The quantitative estimate of drug-likeness (QED) is 0.760. The van der Waals surface area contributed by atoms with Gasteiger partial charge in [0.25, 0.3) is 0 Å². The molecule has 3 unspecified atom stereocenters. The minimum Gasteiger partial charge on any atom is -0.385 e. The molecule has 3 rings (SSSR count). The Morgan fingerprint density at radius 3 is 2.87 bits per heavy atom. The van der Waals surface area contributed by atoms with E-state index in [4.69, 9.17) is 0 Å². The molecule has 2 nitrogen and oxygen atoms in total. The molecule has 1 aromatic heterocycles. The summed E-state index contributed by atoms with van der Waals surface area (Å²) in [6.07, 6.45) is 8.35. The first kappa shape index (κ1) is 9.34. The summed E-state index contributed by atoms with van der Waals surface area (Å²) in [6.45, 7) is 2.03. The summed E-state index contributed by atoms with van der Waals surface area (Å²) in [5.74, 6) is 1.23. The van der Waals surface area contributed by atoms with Crippen LogP contribution >= 0.6 is 0 Å². The molecule has 0 radical (unpaired) electrons. The van der Waals surface area contributed by atoms with Crippen molar-refractivity contribution in [1.82, 2.24) is 4.98 Å². The van der Waals surface area contributed by atoms with Gasteiger partial charge in [-0.3, -0.25) is 4.98 Å². The van der Waals surface area contributed by atoms with Crippen LogP contribution in [-0.2, 0) is 5.60 Å². The van der Waals surface area contributed by atoms with Crippen LogP contribution in [0.3, 0.4) is 0 Å². The van der Waals surface area contributed by atoms with E-state index in [2.05, 4.69) is 11.1 Å². The molecule has 1 N–H and O–H groups in total. The van der Waals surface area contributed by atoms with Crippen molar-refractivity contribution in [2.24, 2.45) is 11.8 Å². The first-order chi connectivity index (χ1) is 7.18. The number of hydrogen-bond donors (Lipinski definition) is 1. The van der Waals surface area contributed by atoms with Gasteiger partial charge in [0.2, 0.25) is 0 Å². The minimum atomic E-state index is -0.568. The van der Waals surface area contributed by atoms with Gasteiger partial charge in [0.1, 0.15) is 0 Å². The van der Waals surface area contributed by atoms with Gasteiger partial charge in [-0.05, 0) is 50.0 Å². The SMILES string of the molecule is Cc1cncc(C2(O)CC3CCC2C3)c1. The molecule has 80 valence electrons. The zero-order valence-electron chi connectivity index (χ0n) is 9.11. The third-order valence-corrected chi connectivity index (χ3v) is 4.19. The van der Waals surface area contributed by atoms with Crippen molar-refractivity contribution in [1.29, 1.82) is 0 Å². The third kappa shape index (κ3) is 1.31. The zero-order valence-corrected chi connectivity index (χ0v) is 9.11. The molecular weight excluding hydrogens is 186 g/mol. The van der Waals surface area contributed by atoms with Crippen LogP contribution in [0.4, 0.5) is 0 Å². The van der Waals surface area contributed by atoms with Crippen molar-refractivity contribution >= 4 is 0 Å². The van der Waals surface area contributed by atoms with Crippen LogP contribution in [0.5, 0.6) is 0 Å². The molecule has 2 heteroatoms. The molecule has 3 atom stereocenters. The summed E-state index contributed by atoms with van der Waals surface area (Å²) in [7, 11) is 0. The number of nitrogens with zero attached hydrogens (tertiary/aromatic N) is 1. The number of aromatic nitrogens is 1. The average molecular weight is 203 g/mol. The van der Waals surface area contributed by atoms with Gasteiger partial charge >= 0.3 is 0 Å². The highest BCUT2D eigenvalue weighted by atomic mass is 16.3. The summed E-state index contributed by atoms with van der Waals surface area (Å²) in [6, 6.07) is 2.09. The molecule has 2 aliphatic carbocycles. The van der Waals surface area contributed by atoms with E-state index in [1.807, 2.05) is 19.3 Å². The van der Waals surface area contributed by atoms with Gasteiger partial charge in [-0.25, -0.2) is 0 Å². The Morgan fingerprint density at radius 1 is 1.40 bits per heavy atom. The van der Waals surface area contributed by atoms with Crippen molar-refractivity contribution in [3.8, 4) is 0 Å². The van der Waals surface area contributed by atoms with Gasteiger partial charge in [-0.1, -0.05) is 6.07 Å². The maximum Gasteiger partial charge on any atom is 0.0942 e. The lowest BCUT2D eigenvalue weighted by Gasteiger charge is -2.32. The molecular formula is C13H17NO. The molecule has 0 amide bonds. The second kappa shape index (κ2) is 3.05. The standard InChI is InChI=1S/C13H17NO/c1-9-4-12(8-14-7-9)13(15)6-10-2-3-11(13)5-10/h4,7-8,10-11,15H,2-3,5-6H2,1H3. The molecule has 2 bridgehead atoms. The van der Waals surface area contributed by atoms with Crippen molar-refractivity contribution in [3.63, 3.8) is 0 Å². The molecule has 2 aliphatic rings. The van der Waals surface area contributed by atoms with E-state index in [9.17, 15) is 5.11 Å². The second-order valence-electron chi connectivity index (χ2n) is 5.26. The smallest absolute Gasteiger partial charge is 0.0942 e. The molecule has 2 saturated carbocycles. The largest absolute Gasteiger partial charge is 0.385 e. The van der Waals surface area contributed by atoms with Gasteiger partial charge in [0, 0.05) is 18.0 Å². The number of rotatable bonds is 1. The topological polar surface area (TPSA) is 33.1 Å². The van der Waals surface area contributed by atoms with Crippen molar-refractivity contribution in [2.45, 2.75) is 38.2 Å². The zero-order chi connectivity index (χ0) is 10.5. The van der Waals surface area contributed by atoms with Crippen LogP contribution in [0, 0.1) is 18.8 Å². The summed E-state index contributed by atoms with van der Waals surface area (Å²) >= 11 is 0. The maximum atomic E-state index is 10.7. The number of pyridine rings is 1. The Labute approximate surface area is 90.4 Å². The summed E-state index contributed by atoms with van der Waals surface area (Å²) in [4.78, 5) is 4.20. The predicted octanol–water partition coefficient (Wildman–Crippen LogP) is 2.40. The highest BCUT2D eigenvalue weighted by Gasteiger charge is 2.50. The fourth-order valence-corrected chi connectivity index (χ4v) is 3.45. The molecule has 0 aromatic carbocycles. The van der Waals surface area contributed by atoms with Crippen LogP contribution in [0.1, 0.15) is 36.8 Å². The first-order valence-corrected chi connectivity index (χ1v) is 5.83. The Morgan fingerprint density at radius 2 is 2.27 bits per heavy atom. The van der Waals surface area contributed by atoms with Gasteiger partial charge < -0.3 is 5.11 Å². The molecule has 2 fully saturated rings. The molecule has 1 aromatic rings. The minimum absolute atomic E-state index is 0.478. The second-order valence-corrected chi connectivity index (χ2v) is 5.26. The van der Waals surface area contributed by atoms with Gasteiger partial charge in [0.05, 0.1) is 5.60 Å². The van der Waals surface area contributed by atoms with E-state index in [0.717, 1.165) is 23.5 Å². The van der Waals surface area contributed by atoms with E-state index in [1.165, 1.54) is 19.3 Å². The lowest BCUT2D eigenvalue weighted by Crippen LogP contribution is -2.32. The van der Waals surface area contributed by atoms with Crippen LogP contribution < -0.4 is 0 Å². The fourth-order valence-electron chi connectivity index (χ4n) is 3.45. The molecule has 0 aliphatic heterocycles. The van der Waals surface area contributed by atoms with Gasteiger partial charge in [0.15, 0.2) is 0 Å². The number of aryl methyl sites for hydroxylation is 1. The number of fused-ring (bicyclic) bond motifs is 2. The highest BCUT2D eigenvalue weighted by molar-refractivity contribution is 5.26. The van der Waals surface area contributed by atoms with Crippen molar-refractivity contribution in [2.75, 3.05) is 0 Å². The highest BCUT2D eigenvalue weighted by Crippen LogP contribution is 2.55. The normalized spacial score (nSPS) is 38.5. The fraction of sp³-hybridized carbons (Fsp3) is 0.615. The Hall–Kier alpha value is -0.890. The third-order valence-electron chi connectivity index (χ3n) is 4.19. The monoisotopic (exact) mass is 203 g/mol. The molecule has 1 heterocycles. The Balaban J connectivity index is 2.00. The summed E-state index contributed by atoms with van der Waals surface area (Å²) < 4.78 is 0. The predicted molar refractivity (Wildman–Crippen MR) is 58.3 cm³/mol. The van der Waals surface area contributed by atoms with Crippen LogP contribution in [0.15, 0.2) is 18.5 Å². The van der Waals surface area contributed by atoms with Crippen LogP contribution in [0.2, 0.25) is 0 Å². The first-order valence-electron chi connectivity index (χ1n) is 5.83. The number of aliphatic hydroxyl groups is 1. The number of hydrogen-bond acceptors (Lipinski definition) is 2. The van der Waals surface area contributed by atoms with Gasteiger partial charge in [-0.2, -0.15) is 0 Å². The summed E-state index contributed by atoms with van der Waals surface area (Å²) in [5.41, 5.74) is 1.61. The Bertz CT molecular complexity index is 390. The van der Waals surface area contributed by atoms with Crippen molar-refractivity contribution in [3.05, 3.63) is 29.6 Å². The van der Waals surface area contributed by atoms with Crippen LogP contribution in [-0.4, -0.2) is 10.1 Å². The van der Waals surface area contributed by atoms with E-state index in [1.54, 1.807) is 0 Å². The molecule has 0 saturated heterocycles. The van der Waals surface area contributed by atoms with E-state index in [-0.39, 0.29) is 0 Å². The Kier molecular flexibility index (Phi) is 1.90. The molecule has 15 heavy (non-hydrogen) atoms. The van der Waals surface area contributed by atoms with E-state index in [0.29, 0.717) is 5.92 Å². The molecule has 0 spiro atoms. The summed E-state index contributed by atoms with van der Waals surface area (Å²) in [5, 5.41) is 10.7. The van der Waals surface area contributed by atoms with E-state index >= 15 is 0 Å². The van der Waals surface area contributed by atoms with Gasteiger partial charge in [-0.15, -0.1) is 0 Å². The van der Waals surface area contributed by atoms with Crippen molar-refractivity contribution < 1.29 is 5.11 Å². The lowest BCUT2D eigenvalue weighted by atomic mass is 9.79. The average Bonchev–Trinajstić information content (AvgIpc) is 2.78. The van der Waals surface area contributed by atoms with E-state index < -0.39 is 5.60 Å².